The van der Waals surface area contributed by atoms with Crippen LogP contribution in [0.5, 0.6) is 0 Å². The fourth-order valence-electron chi connectivity index (χ4n) is 1.91. The SMILES string of the molecule is CC1(C)Cc2cc(C#N)ccc2CN1. The van der Waals surface area contributed by atoms with Crippen LogP contribution in [0.25, 0.3) is 0 Å². The second-order valence-electron chi connectivity index (χ2n) is 4.51. The molecule has 0 spiro atoms. The molecule has 0 bridgehead atoms. The first-order valence-corrected chi connectivity index (χ1v) is 4.88. The van der Waals surface area contributed by atoms with Gasteiger partial charge in [0.2, 0.25) is 0 Å². The maximum absolute atomic E-state index is 8.80. The Bertz CT molecular complexity index is 399. The molecule has 1 aromatic rings. The summed E-state index contributed by atoms with van der Waals surface area (Å²) in [5.74, 6) is 0. The predicted molar refractivity (Wildman–Crippen MR) is 55.8 cm³/mol. The summed E-state index contributed by atoms with van der Waals surface area (Å²) in [6.45, 7) is 5.29. The first-order valence-electron chi connectivity index (χ1n) is 4.88. The van der Waals surface area contributed by atoms with Gasteiger partial charge < -0.3 is 5.32 Å². The number of rotatable bonds is 0. The van der Waals surface area contributed by atoms with Crippen LogP contribution >= 0.6 is 0 Å². The van der Waals surface area contributed by atoms with E-state index in [-0.39, 0.29) is 5.54 Å². The third kappa shape index (κ3) is 1.64. The van der Waals surface area contributed by atoms with Crippen molar-refractivity contribution in [1.82, 2.24) is 5.32 Å². The lowest BCUT2D eigenvalue weighted by Crippen LogP contribution is -2.44. The van der Waals surface area contributed by atoms with Crippen molar-refractivity contribution in [3.05, 3.63) is 34.9 Å². The van der Waals surface area contributed by atoms with Crippen molar-refractivity contribution in [3.8, 4) is 6.07 Å². The van der Waals surface area contributed by atoms with Crippen LogP contribution in [0, 0.1) is 11.3 Å². The molecular weight excluding hydrogens is 172 g/mol. The molecule has 1 aromatic carbocycles. The molecule has 2 rings (SSSR count). The average Bonchev–Trinajstić information content (AvgIpc) is 2.15. The zero-order valence-corrected chi connectivity index (χ0v) is 8.59. The highest BCUT2D eigenvalue weighted by Crippen LogP contribution is 2.23. The van der Waals surface area contributed by atoms with Gasteiger partial charge in [-0.3, -0.25) is 0 Å². The van der Waals surface area contributed by atoms with Gasteiger partial charge >= 0.3 is 0 Å². The molecule has 72 valence electrons. The number of benzene rings is 1. The second-order valence-corrected chi connectivity index (χ2v) is 4.51. The minimum Gasteiger partial charge on any atom is -0.307 e. The van der Waals surface area contributed by atoms with E-state index in [1.165, 1.54) is 11.1 Å². The van der Waals surface area contributed by atoms with Gasteiger partial charge in [0.05, 0.1) is 11.6 Å². The first kappa shape index (κ1) is 9.23. The molecule has 0 fully saturated rings. The maximum Gasteiger partial charge on any atom is 0.0991 e. The van der Waals surface area contributed by atoms with Gasteiger partial charge in [0.1, 0.15) is 0 Å². The Kier molecular flexibility index (Phi) is 2.05. The van der Waals surface area contributed by atoms with E-state index in [1.807, 2.05) is 12.1 Å². The van der Waals surface area contributed by atoms with E-state index in [9.17, 15) is 0 Å². The number of hydrogen-bond acceptors (Lipinski definition) is 2. The molecule has 0 aliphatic carbocycles. The van der Waals surface area contributed by atoms with Gasteiger partial charge in [-0.25, -0.2) is 0 Å². The van der Waals surface area contributed by atoms with Crippen LogP contribution in [-0.2, 0) is 13.0 Å². The Morgan fingerprint density at radius 1 is 1.36 bits per heavy atom. The van der Waals surface area contributed by atoms with Crippen molar-refractivity contribution in [1.29, 1.82) is 5.26 Å². The van der Waals surface area contributed by atoms with Gasteiger partial charge in [0.15, 0.2) is 0 Å². The standard InChI is InChI=1S/C12H14N2/c1-12(2)6-11-5-9(7-13)3-4-10(11)8-14-12/h3-5,14H,6,8H2,1-2H3. The lowest BCUT2D eigenvalue weighted by atomic mass is 9.87. The second kappa shape index (κ2) is 3.11. The van der Waals surface area contributed by atoms with Gasteiger partial charge in [-0.05, 0) is 43.5 Å². The molecule has 0 amide bonds. The number of hydrogen-bond donors (Lipinski definition) is 1. The summed E-state index contributed by atoms with van der Waals surface area (Å²) < 4.78 is 0. The summed E-state index contributed by atoms with van der Waals surface area (Å²) in [6.07, 6.45) is 0.998. The highest BCUT2D eigenvalue weighted by Gasteiger charge is 2.24. The van der Waals surface area contributed by atoms with E-state index in [0.717, 1.165) is 18.5 Å². The van der Waals surface area contributed by atoms with Gasteiger partial charge in [0.25, 0.3) is 0 Å². The number of fused-ring (bicyclic) bond motifs is 1. The summed E-state index contributed by atoms with van der Waals surface area (Å²) in [6, 6.07) is 8.14. The third-order valence-corrected chi connectivity index (χ3v) is 2.73. The molecule has 14 heavy (non-hydrogen) atoms. The topological polar surface area (TPSA) is 35.8 Å². The van der Waals surface area contributed by atoms with Crippen LogP contribution in [0.1, 0.15) is 30.5 Å². The summed E-state index contributed by atoms with van der Waals surface area (Å²) >= 11 is 0. The lowest BCUT2D eigenvalue weighted by molar-refractivity contribution is 0.362. The average molecular weight is 186 g/mol. The van der Waals surface area contributed by atoms with Crippen LogP contribution in [0.2, 0.25) is 0 Å². The van der Waals surface area contributed by atoms with Crippen molar-refractivity contribution in [2.75, 3.05) is 0 Å². The Morgan fingerprint density at radius 3 is 2.86 bits per heavy atom. The van der Waals surface area contributed by atoms with Crippen molar-refractivity contribution < 1.29 is 0 Å². The van der Waals surface area contributed by atoms with Crippen molar-refractivity contribution >= 4 is 0 Å². The summed E-state index contributed by atoms with van der Waals surface area (Å²) in [7, 11) is 0. The highest BCUT2D eigenvalue weighted by molar-refractivity contribution is 5.40. The lowest BCUT2D eigenvalue weighted by Gasteiger charge is -2.32. The van der Waals surface area contributed by atoms with Gasteiger partial charge in [0, 0.05) is 12.1 Å². The van der Waals surface area contributed by atoms with E-state index in [1.54, 1.807) is 0 Å². The minimum absolute atomic E-state index is 0.154. The number of nitrogens with zero attached hydrogens (tertiary/aromatic N) is 1. The van der Waals surface area contributed by atoms with Crippen molar-refractivity contribution in [2.45, 2.75) is 32.4 Å². The molecule has 1 aliphatic heterocycles. The maximum atomic E-state index is 8.80. The van der Waals surface area contributed by atoms with Gasteiger partial charge in [-0.2, -0.15) is 5.26 Å². The molecule has 0 saturated carbocycles. The third-order valence-electron chi connectivity index (χ3n) is 2.73. The van der Waals surface area contributed by atoms with Crippen molar-refractivity contribution in [2.24, 2.45) is 0 Å². The normalized spacial score (nSPS) is 18.4. The molecule has 1 heterocycles. The monoisotopic (exact) mass is 186 g/mol. The summed E-state index contributed by atoms with van der Waals surface area (Å²) in [5, 5.41) is 12.3. The summed E-state index contributed by atoms with van der Waals surface area (Å²) in [4.78, 5) is 0. The van der Waals surface area contributed by atoms with Crippen LogP contribution in [-0.4, -0.2) is 5.54 Å². The van der Waals surface area contributed by atoms with Crippen LogP contribution in [0.15, 0.2) is 18.2 Å². The molecule has 1 N–H and O–H groups in total. The molecule has 0 atom stereocenters. The quantitative estimate of drug-likeness (QED) is 0.672. The molecule has 1 aliphatic rings. The van der Waals surface area contributed by atoms with E-state index in [2.05, 4.69) is 31.3 Å². The fraction of sp³-hybridized carbons (Fsp3) is 0.417. The molecule has 0 radical (unpaired) electrons. The molecule has 2 heteroatoms. The Hall–Kier alpha value is -1.33. The number of nitrogens with one attached hydrogen (secondary N) is 1. The zero-order valence-electron chi connectivity index (χ0n) is 8.59. The zero-order chi connectivity index (χ0) is 10.2. The largest absolute Gasteiger partial charge is 0.307 e. The minimum atomic E-state index is 0.154. The molecule has 0 unspecified atom stereocenters. The van der Waals surface area contributed by atoms with Crippen LogP contribution in [0.4, 0.5) is 0 Å². The van der Waals surface area contributed by atoms with Crippen LogP contribution < -0.4 is 5.32 Å². The van der Waals surface area contributed by atoms with E-state index in [4.69, 9.17) is 5.26 Å². The van der Waals surface area contributed by atoms with Crippen molar-refractivity contribution in [3.63, 3.8) is 0 Å². The fourth-order valence-corrected chi connectivity index (χ4v) is 1.91. The number of nitriles is 1. The van der Waals surface area contributed by atoms with E-state index < -0.39 is 0 Å². The van der Waals surface area contributed by atoms with E-state index >= 15 is 0 Å². The first-order chi connectivity index (χ1) is 6.61. The molecule has 2 nitrogen and oxygen atoms in total. The van der Waals surface area contributed by atoms with E-state index in [0.29, 0.717) is 0 Å². The Morgan fingerprint density at radius 2 is 2.14 bits per heavy atom. The van der Waals surface area contributed by atoms with Crippen LogP contribution in [0.3, 0.4) is 0 Å². The Balaban J connectivity index is 2.40. The molecule has 0 saturated heterocycles. The molecule has 0 aromatic heterocycles. The predicted octanol–water partition coefficient (Wildman–Crippen LogP) is 1.98. The Labute approximate surface area is 84.6 Å². The van der Waals surface area contributed by atoms with Gasteiger partial charge in [-0.1, -0.05) is 6.07 Å². The smallest absolute Gasteiger partial charge is 0.0991 e. The molecular formula is C12H14N2. The van der Waals surface area contributed by atoms with Gasteiger partial charge in [-0.15, -0.1) is 0 Å². The summed E-state index contributed by atoms with van der Waals surface area (Å²) in [5.41, 5.74) is 3.55. The highest BCUT2D eigenvalue weighted by atomic mass is 15.0.